The molecule has 17 heavy (non-hydrogen) atoms. The molecule has 0 aliphatic rings. The van der Waals surface area contributed by atoms with E-state index in [9.17, 15) is 4.79 Å². The first-order valence-corrected chi connectivity index (χ1v) is 7.21. The van der Waals surface area contributed by atoms with Gasteiger partial charge in [0.05, 0.1) is 15.9 Å². The van der Waals surface area contributed by atoms with Crippen LogP contribution in [0.1, 0.15) is 25.2 Å². The number of carboxylic acids is 1. The highest BCUT2D eigenvalue weighted by Gasteiger charge is 2.23. The second kappa shape index (κ2) is 5.91. The lowest BCUT2D eigenvalue weighted by Crippen LogP contribution is -2.22. The maximum absolute atomic E-state index is 11.1. The molecule has 4 nitrogen and oxygen atoms in total. The van der Waals surface area contributed by atoms with E-state index in [1.165, 1.54) is 11.8 Å². The molecule has 1 aromatic heterocycles. The quantitative estimate of drug-likeness (QED) is 0.906. The van der Waals surface area contributed by atoms with Crippen molar-refractivity contribution in [3.8, 4) is 0 Å². The Hall–Kier alpha value is -0.490. The number of thioether (sulfide) groups is 1. The van der Waals surface area contributed by atoms with Crippen LogP contribution in [0.3, 0.4) is 0 Å². The SMILES string of the molecule is Cc1nn(C)c(CSC(C(=O)O)C(C)C)c1Br. The minimum Gasteiger partial charge on any atom is -0.480 e. The van der Waals surface area contributed by atoms with Gasteiger partial charge in [-0.3, -0.25) is 9.48 Å². The number of aromatic nitrogens is 2. The van der Waals surface area contributed by atoms with E-state index in [1.54, 1.807) is 4.68 Å². The van der Waals surface area contributed by atoms with E-state index in [0.29, 0.717) is 5.75 Å². The number of halogens is 1. The summed E-state index contributed by atoms with van der Waals surface area (Å²) in [7, 11) is 1.87. The van der Waals surface area contributed by atoms with Crippen molar-refractivity contribution in [3.05, 3.63) is 15.9 Å². The van der Waals surface area contributed by atoms with Gasteiger partial charge in [-0.1, -0.05) is 13.8 Å². The van der Waals surface area contributed by atoms with Gasteiger partial charge in [0.25, 0.3) is 0 Å². The van der Waals surface area contributed by atoms with Crippen molar-refractivity contribution in [1.29, 1.82) is 0 Å². The standard InChI is InChI=1S/C11H17BrN2O2S/c1-6(2)10(11(15)16)17-5-8-9(12)7(3)13-14(8)4/h6,10H,5H2,1-4H3,(H,15,16). The summed E-state index contributed by atoms with van der Waals surface area (Å²) < 4.78 is 2.77. The predicted octanol–water partition coefficient (Wildman–Crippen LogP) is 2.83. The van der Waals surface area contributed by atoms with Crippen LogP contribution in [0.4, 0.5) is 0 Å². The van der Waals surface area contributed by atoms with Gasteiger partial charge in [-0.15, -0.1) is 11.8 Å². The molecular weight excluding hydrogens is 304 g/mol. The van der Waals surface area contributed by atoms with Crippen LogP contribution in [0, 0.1) is 12.8 Å². The van der Waals surface area contributed by atoms with Crippen LogP contribution in [0.25, 0.3) is 0 Å². The minimum atomic E-state index is -0.750. The summed E-state index contributed by atoms with van der Waals surface area (Å²) in [5.74, 6) is 0.0122. The molecule has 0 saturated carbocycles. The first kappa shape index (κ1) is 14.6. The fourth-order valence-corrected chi connectivity index (χ4v) is 3.41. The van der Waals surface area contributed by atoms with E-state index in [1.807, 2.05) is 27.8 Å². The van der Waals surface area contributed by atoms with Crippen LogP contribution in [0.5, 0.6) is 0 Å². The fraction of sp³-hybridized carbons (Fsp3) is 0.636. The smallest absolute Gasteiger partial charge is 0.316 e. The maximum atomic E-state index is 11.1. The first-order valence-electron chi connectivity index (χ1n) is 5.37. The number of hydrogen-bond donors (Lipinski definition) is 1. The van der Waals surface area contributed by atoms with Crippen molar-refractivity contribution in [2.45, 2.75) is 31.8 Å². The molecule has 0 aromatic carbocycles. The van der Waals surface area contributed by atoms with E-state index in [-0.39, 0.29) is 11.2 Å². The Morgan fingerprint density at radius 1 is 1.59 bits per heavy atom. The summed E-state index contributed by atoms with van der Waals surface area (Å²) in [6, 6.07) is 0. The number of aryl methyl sites for hydroxylation is 2. The summed E-state index contributed by atoms with van der Waals surface area (Å²) in [6.45, 7) is 5.78. The van der Waals surface area contributed by atoms with E-state index in [2.05, 4.69) is 21.0 Å². The molecule has 96 valence electrons. The summed E-state index contributed by atoms with van der Waals surface area (Å²) in [5, 5.41) is 13.0. The molecule has 0 aliphatic heterocycles. The molecule has 1 aromatic rings. The number of nitrogens with zero attached hydrogens (tertiary/aromatic N) is 2. The van der Waals surface area contributed by atoms with Crippen molar-refractivity contribution in [2.75, 3.05) is 0 Å². The van der Waals surface area contributed by atoms with Crippen molar-refractivity contribution < 1.29 is 9.90 Å². The highest BCUT2D eigenvalue weighted by molar-refractivity contribution is 9.10. The summed E-state index contributed by atoms with van der Waals surface area (Å²) >= 11 is 4.92. The maximum Gasteiger partial charge on any atom is 0.316 e. The third-order valence-corrected chi connectivity index (χ3v) is 5.09. The Bertz CT molecular complexity index is 418. The van der Waals surface area contributed by atoms with Gasteiger partial charge in [0.2, 0.25) is 0 Å². The lowest BCUT2D eigenvalue weighted by atomic mass is 10.1. The fourth-order valence-electron chi connectivity index (χ4n) is 1.55. The zero-order chi connectivity index (χ0) is 13.2. The van der Waals surface area contributed by atoms with Crippen molar-refractivity contribution in [1.82, 2.24) is 9.78 Å². The van der Waals surface area contributed by atoms with Crippen LogP contribution in [-0.2, 0) is 17.6 Å². The molecule has 0 fully saturated rings. The molecule has 0 bridgehead atoms. The molecule has 1 atom stereocenters. The van der Waals surface area contributed by atoms with E-state index < -0.39 is 5.97 Å². The normalized spacial score (nSPS) is 13.1. The zero-order valence-electron chi connectivity index (χ0n) is 10.4. The Kier molecular flexibility index (Phi) is 5.06. The highest BCUT2D eigenvalue weighted by atomic mass is 79.9. The molecule has 6 heteroatoms. The van der Waals surface area contributed by atoms with Crippen LogP contribution < -0.4 is 0 Å². The van der Waals surface area contributed by atoms with Gasteiger partial charge in [0, 0.05) is 12.8 Å². The molecule has 1 unspecified atom stereocenters. The lowest BCUT2D eigenvalue weighted by Gasteiger charge is -2.15. The number of aliphatic carboxylic acids is 1. The number of rotatable bonds is 5. The lowest BCUT2D eigenvalue weighted by molar-refractivity contribution is -0.137. The van der Waals surface area contributed by atoms with E-state index in [4.69, 9.17) is 5.11 Å². The van der Waals surface area contributed by atoms with E-state index in [0.717, 1.165) is 15.9 Å². The topological polar surface area (TPSA) is 55.1 Å². The second-order valence-electron chi connectivity index (χ2n) is 4.28. The molecular formula is C11H17BrN2O2S. The van der Waals surface area contributed by atoms with Crippen LogP contribution in [-0.4, -0.2) is 26.1 Å². The molecule has 0 saturated heterocycles. The molecule has 0 spiro atoms. The van der Waals surface area contributed by atoms with Gasteiger partial charge in [0.1, 0.15) is 5.25 Å². The van der Waals surface area contributed by atoms with Crippen molar-refractivity contribution in [2.24, 2.45) is 13.0 Å². The molecule has 0 amide bonds. The first-order chi connectivity index (χ1) is 7.84. The van der Waals surface area contributed by atoms with Gasteiger partial charge in [-0.25, -0.2) is 0 Å². The van der Waals surface area contributed by atoms with Crippen LogP contribution in [0.2, 0.25) is 0 Å². The van der Waals surface area contributed by atoms with Gasteiger partial charge in [-0.2, -0.15) is 5.10 Å². The minimum absolute atomic E-state index is 0.116. The zero-order valence-corrected chi connectivity index (χ0v) is 12.8. The van der Waals surface area contributed by atoms with Gasteiger partial charge in [-0.05, 0) is 28.8 Å². The average Bonchev–Trinajstić information content (AvgIpc) is 2.43. The molecule has 1 N–H and O–H groups in total. The van der Waals surface area contributed by atoms with Gasteiger partial charge in [0.15, 0.2) is 0 Å². The monoisotopic (exact) mass is 320 g/mol. The number of carboxylic acid groups (broad SMARTS) is 1. The van der Waals surface area contributed by atoms with Gasteiger partial charge < -0.3 is 5.11 Å². The number of hydrogen-bond acceptors (Lipinski definition) is 3. The van der Waals surface area contributed by atoms with E-state index >= 15 is 0 Å². The predicted molar refractivity (Wildman–Crippen MR) is 73.2 cm³/mol. The number of carbonyl (C=O) groups is 1. The molecule has 1 rings (SSSR count). The highest BCUT2D eigenvalue weighted by Crippen LogP contribution is 2.28. The molecule has 1 heterocycles. The molecule has 0 aliphatic carbocycles. The van der Waals surface area contributed by atoms with Gasteiger partial charge >= 0.3 is 5.97 Å². The Morgan fingerprint density at radius 2 is 2.18 bits per heavy atom. The Balaban J connectivity index is 2.75. The Morgan fingerprint density at radius 3 is 2.53 bits per heavy atom. The second-order valence-corrected chi connectivity index (χ2v) is 6.21. The third-order valence-electron chi connectivity index (χ3n) is 2.51. The summed E-state index contributed by atoms with van der Waals surface area (Å²) in [6.07, 6.45) is 0. The molecule has 0 radical (unpaired) electrons. The van der Waals surface area contributed by atoms with Crippen molar-refractivity contribution >= 4 is 33.7 Å². The Labute approximate surface area is 114 Å². The summed E-state index contributed by atoms with van der Waals surface area (Å²) in [4.78, 5) is 11.1. The largest absolute Gasteiger partial charge is 0.480 e. The average molecular weight is 321 g/mol. The van der Waals surface area contributed by atoms with Crippen LogP contribution in [0.15, 0.2) is 4.47 Å². The third kappa shape index (κ3) is 3.48. The van der Waals surface area contributed by atoms with Crippen molar-refractivity contribution in [3.63, 3.8) is 0 Å². The van der Waals surface area contributed by atoms with Crippen LogP contribution >= 0.6 is 27.7 Å². The summed E-state index contributed by atoms with van der Waals surface area (Å²) in [5.41, 5.74) is 1.96.